The molecule has 0 unspecified atom stereocenters. The Labute approximate surface area is 116 Å². The summed E-state index contributed by atoms with van der Waals surface area (Å²) in [5.41, 5.74) is 4.42. The van der Waals surface area contributed by atoms with E-state index in [9.17, 15) is 14.4 Å². The van der Waals surface area contributed by atoms with Gasteiger partial charge in [-0.05, 0) is 6.42 Å². The van der Waals surface area contributed by atoms with Crippen LogP contribution in [0.5, 0.6) is 0 Å². The maximum atomic E-state index is 11.9. The van der Waals surface area contributed by atoms with Crippen molar-refractivity contribution < 1.29 is 9.53 Å². The second kappa shape index (κ2) is 6.90. The molecule has 0 fully saturated rings. The number of nitrogens with one attached hydrogen (secondary N) is 1. The van der Waals surface area contributed by atoms with Gasteiger partial charge in [0.2, 0.25) is 5.91 Å². The average Bonchev–Trinajstić information content (AvgIpc) is 2.44. The molecule has 112 valence electrons. The van der Waals surface area contributed by atoms with Crippen LogP contribution in [0.1, 0.15) is 19.8 Å². The molecule has 1 amide bonds. The minimum Gasteiger partial charge on any atom is -0.383 e. The number of carbonyl (C=O) groups excluding carboxylic acids is 1. The molecule has 8 nitrogen and oxygen atoms in total. The number of hydrogen-bond donors (Lipinski definition) is 2. The van der Waals surface area contributed by atoms with Gasteiger partial charge in [0.1, 0.15) is 11.5 Å². The third kappa shape index (κ3) is 3.47. The zero-order chi connectivity index (χ0) is 15.3. The molecule has 1 rings (SSSR count). The Balaban J connectivity index is 2.86. The summed E-state index contributed by atoms with van der Waals surface area (Å²) in [7, 11) is 2.75. The predicted octanol–water partition coefficient (Wildman–Crippen LogP) is -0.579. The summed E-state index contributed by atoms with van der Waals surface area (Å²) >= 11 is 0. The number of ether oxygens (including phenoxy) is 1. The van der Waals surface area contributed by atoms with Gasteiger partial charge in [-0.1, -0.05) is 6.92 Å². The fraction of sp³-hybridized carbons (Fsp3) is 0.583. The zero-order valence-corrected chi connectivity index (χ0v) is 11.9. The SMILES string of the molecule is CCCOCCC(=O)Nc1c(N)n(C)c(=O)n(C)c1=O. The fourth-order valence-corrected chi connectivity index (χ4v) is 1.59. The van der Waals surface area contributed by atoms with Gasteiger partial charge in [-0.3, -0.25) is 18.7 Å². The van der Waals surface area contributed by atoms with E-state index in [2.05, 4.69) is 5.32 Å². The molecular formula is C12H20N4O4. The molecule has 1 heterocycles. The minimum absolute atomic E-state index is 0.0686. The number of rotatable bonds is 6. The third-order valence-corrected chi connectivity index (χ3v) is 2.80. The number of amides is 1. The quantitative estimate of drug-likeness (QED) is 0.679. The molecule has 0 aromatic carbocycles. The lowest BCUT2D eigenvalue weighted by molar-refractivity contribution is -0.117. The first-order valence-corrected chi connectivity index (χ1v) is 6.33. The Morgan fingerprint density at radius 3 is 2.50 bits per heavy atom. The van der Waals surface area contributed by atoms with E-state index in [0.29, 0.717) is 6.61 Å². The summed E-state index contributed by atoms with van der Waals surface area (Å²) in [5, 5.41) is 2.43. The van der Waals surface area contributed by atoms with Crippen molar-refractivity contribution in [2.45, 2.75) is 19.8 Å². The van der Waals surface area contributed by atoms with Crippen LogP contribution in [0.25, 0.3) is 0 Å². The molecular weight excluding hydrogens is 264 g/mol. The maximum Gasteiger partial charge on any atom is 0.332 e. The van der Waals surface area contributed by atoms with Gasteiger partial charge in [0.05, 0.1) is 13.0 Å². The summed E-state index contributed by atoms with van der Waals surface area (Å²) < 4.78 is 7.18. The summed E-state index contributed by atoms with van der Waals surface area (Å²) in [6.07, 6.45) is 0.987. The molecule has 0 atom stereocenters. The van der Waals surface area contributed by atoms with E-state index in [4.69, 9.17) is 10.5 Å². The van der Waals surface area contributed by atoms with Crippen molar-refractivity contribution in [1.29, 1.82) is 0 Å². The highest BCUT2D eigenvalue weighted by molar-refractivity contribution is 5.92. The first-order valence-electron chi connectivity index (χ1n) is 6.33. The van der Waals surface area contributed by atoms with E-state index in [1.165, 1.54) is 14.1 Å². The molecule has 20 heavy (non-hydrogen) atoms. The van der Waals surface area contributed by atoms with Crippen LogP contribution < -0.4 is 22.3 Å². The van der Waals surface area contributed by atoms with Crippen LogP contribution in [0.2, 0.25) is 0 Å². The lowest BCUT2D eigenvalue weighted by atomic mass is 10.3. The number of aromatic nitrogens is 2. The summed E-state index contributed by atoms with van der Waals surface area (Å²) in [4.78, 5) is 35.2. The van der Waals surface area contributed by atoms with E-state index in [1.807, 2.05) is 6.92 Å². The van der Waals surface area contributed by atoms with Crippen molar-refractivity contribution in [2.75, 3.05) is 24.3 Å². The average molecular weight is 284 g/mol. The number of hydrogen-bond acceptors (Lipinski definition) is 5. The topological polar surface area (TPSA) is 108 Å². The second-order valence-corrected chi connectivity index (χ2v) is 4.38. The molecule has 0 radical (unpaired) electrons. The number of nitrogens with two attached hydrogens (primary N) is 1. The highest BCUT2D eigenvalue weighted by Gasteiger charge is 2.15. The largest absolute Gasteiger partial charge is 0.383 e. The number of nitrogen functional groups attached to an aromatic ring is 1. The molecule has 1 aromatic rings. The van der Waals surface area contributed by atoms with Crippen LogP contribution in [0.3, 0.4) is 0 Å². The molecule has 0 bridgehead atoms. The van der Waals surface area contributed by atoms with E-state index in [-0.39, 0.29) is 30.4 Å². The van der Waals surface area contributed by atoms with Crippen molar-refractivity contribution >= 4 is 17.4 Å². The predicted molar refractivity (Wildman–Crippen MR) is 75.7 cm³/mol. The lowest BCUT2D eigenvalue weighted by Gasteiger charge is -2.12. The van der Waals surface area contributed by atoms with Crippen molar-refractivity contribution in [3.63, 3.8) is 0 Å². The van der Waals surface area contributed by atoms with Gasteiger partial charge in [-0.25, -0.2) is 4.79 Å². The molecule has 0 aliphatic carbocycles. The maximum absolute atomic E-state index is 11.9. The molecule has 0 aliphatic heterocycles. The van der Waals surface area contributed by atoms with E-state index in [1.54, 1.807) is 0 Å². The van der Waals surface area contributed by atoms with Crippen molar-refractivity contribution in [2.24, 2.45) is 14.1 Å². The Morgan fingerprint density at radius 2 is 1.90 bits per heavy atom. The van der Waals surface area contributed by atoms with Gasteiger partial charge in [-0.2, -0.15) is 0 Å². The lowest BCUT2D eigenvalue weighted by Crippen LogP contribution is -2.40. The molecule has 0 saturated heterocycles. The van der Waals surface area contributed by atoms with E-state index in [0.717, 1.165) is 15.6 Å². The van der Waals surface area contributed by atoms with E-state index < -0.39 is 11.2 Å². The van der Waals surface area contributed by atoms with Crippen LogP contribution in [0.4, 0.5) is 11.5 Å². The minimum atomic E-state index is -0.631. The van der Waals surface area contributed by atoms with Gasteiger partial charge < -0.3 is 15.8 Å². The standard InChI is InChI=1S/C12H20N4O4/c1-4-6-20-7-5-8(17)14-9-10(13)15(2)12(19)16(3)11(9)18/h4-7,13H2,1-3H3,(H,14,17). The monoisotopic (exact) mass is 284 g/mol. The summed E-state index contributed by atoms with van der Waals surface area (Å²) in [6.45, 7) is 2.82. The van der Waals surface area contributed by atoms with Crippen LogP contribution in [0, 0.1) is 0 Å². The highest BCUT2D eigenvalue weighted by atomic mass is 16.5. The second-order valence-electron chi connectivity index (χ2n) is 4.38. The first-order chi connectivity index (χ1) is 9.40. The van der Waals surface area contributed by atoms with Gasteiger partial charge >= 0.3 is 5.69 Å². The van der Waals surface area contributed by atoms with Crippen LogP contribution >= 0.6 is 0 Å². The van der Waals surface area contributed by atoms with Crippen molar-refractivity contribution in [1.82, 2.24) is 9.13 Å². The fourth-order valence-electron chi connectivity index (χ4n) is 1.59. The number of anilines is 2. The summed E-state index contributed by atoms with van der Waals surface area (Å²) in [5.74, 6) is -0.454. The van der Waals surface area contributed by atoms with Gasteiger partial charge in [0.25, 0.3) is 5.56 Å². The molecule has 0 saturated carbocycles. The number of nitrogens with zero attached hydrogens (tertiary/aromatic N) is 2. The van der Waals surface area contributed by atoms with E-state index >= 15 is 0 Å². The Hall–Kier alpha value is -2.09. The highest BCUT2D eigenvalue weighted by Crippen LogP contribution is 2.09. The van der Waals surface area contributed by atoms with Crippen molar-refractivity contribution in [3.8, 4) is 0 Å². The van der Waals surface area contributed by atoms with Gasteiger partial charge in [-0.15, -0.1) is 0 Å². The molecule has 1 aromatic heterocycles. The number of carbonyl (C=O) groups is 1. The summed E-state index contributed by atoms with van der Waals surface area (Å²) in [6, 6.07) is 0. The van der Waals surface area contributed by atoms with Gasteiger partial charge in [0.15, 0.2) is 0 Å². The first kappa shape index (κ1) is 16.0. The smallest absolute Gasteiger partial charge is 0.332 e. The Kier molecular flexibility index (Phi) is 5.51. The normalized spacial score (nSPS) is 10.6. The molecule has 3 N–H and O–H groups in total. The molecule has 0 spiro atoms. The Bertz CT molecular complexity index is 603. The van der Waals surface area contributed by atoms with Crippen molar-refractivity contribution in [3.05, 3.63) is 20.8 Å². The van der Waals surface area contributed by atoms with Crippen LogP contribution in [-0.2, 0) is 23.6 Å². The van der Waals surface area contributed by atoms with Crippen LogP contribution in [-0.4, -0.2) is 28.3 Å². The van der Waals surface area contributed by atoms with Crippen LogP contribution in [0.15, 0.2) is 9.59 Å². The zero-order valence-electron chi connectivity index (χ0n) is 11.9. The van der Waals surface area contributed by atoms with Gasteiger partial charge in [0, 0.05) is 20.7 Å². The molecule has 0 aliphatic rings. The Morgan fingerprint density at radius 1 is 1.25 bits per heavy atom. The molecule has 8 heteroatoms. The third-order valence-electron chi connectivity index (χ3n) is 2.80.